The number of amides is 1. The molecule has 1 N–H and O–H groups in total. The van der Waals surface area contributed by atoms with Crippen molar-refractivity contribution in [3.8, 4) is 0 Å². The summed E-state index contributed by atoms with van der Waals surface area (Å²) in [6, 6.07) is 6.30. The number of hydrogen-bond acceptors (Lipinski definition) is 3. The van der Waals surface area contributed by atoms with Gasteiger partial charge in [-0.2, -0.15) is 4.31 Å². The Balaban J connectivity index is 2.85. The molecule has 0 saturated carbocycles. The Morgan fingerprint density at radius 1 is 1.09 bits per heavy atom. The molecule has 0 radical (unpaired) electrons. The van der Waals surface area contributed by atoms with Crippen LogP contribution in [-0.2, 0) is 14.8 Å². The predicted octanol–water partition coefficient (Wildman–Crippen LogP) is 3.09. The molecule has 124 valence electrons. The van der Waals surface area contributed by atoms with Crippen molar-refractivity contribution in [2.75, 3.05) is 18.4 Å². The van der Waals surface area contributed by atoms with Gasteiger partial charge < -0.3 is 5.32 Å². The minimum Gasteiger partial charge on any atom is -0.326 e. The molecule has 0 fully saturated rings. The molecule has 0 aliphatic heterocycles. The molecule has 22 heavy (non-hydrogen) atoms. The quantitative estimate of drug-likeness (QED) is 0.873. The van der Waals surface area contributed by atoms with E-state index < -0.39 is 10.0 Å². The standard InChI is InChI=1S/C16H26N2O3S/c1-6-18(7-2)22(20,21)14-10-8-13(9-11-14)17-15(19)12-16(3,4)5/h8-11H,6-7,12H2,1-5H3,(H,17,19). The van der Waals surface area contributed by atoms with E-state index in [1.807, 2.05) is 34.6 Å². The van der Waals surface area contributed by atoms with Crippen molar-refractivity contribution in [1.29, 1.82) is 0 Å². The van der Waals surface area contributed by atoms with Gasteiger partial charge in [0.05, 0.1) is 4.90 Å². The van der Waals surface area contributed by atoms with Gasteiger partial charge >= 0.3 is 0 Å². The molecule has 6 heteroatoms. The number of nitrogens with one attached hydrogen (secondary N) is 1. The zero-order valence-corrected chi connectivity index (χ0v) is 14.8. The Labute approximate surface area is 133 Å². The second-order valence-electron chi connectivity index (χ2n) is 6.40. The molecule has 0 heterocycles. The highest BCUT2D eigenvalue weighted by Crippen LogP contribution is 2.21. The van der Waals surface area contributed by atoms with Crippen molar-refractivity contribution in [3.63, 3.8) is 0 Å². The maximum atomic E-state index is 12.4. The summed E-state index contributed by atoms with van der Waals surface area (Å²) < 4.78 is 26.1. The summed E-state index contributed by atoms with van der Waals surface area (Å²) in [5.41, 5.74) is 0.517. The first-order chi connectivity index (χ1) is 10.1. The molecule has 0 spiro atoms. The number of nitrogens with zero attached hydrogens (tertiary/aromatic N) is 1. The molecular weight excluding hydrogens is 300 g/mol. The summed E-state index contributed by atoms with van der Waals surface area (Å²) in [5.74, 6) is -0.0770. The molecule has 0 bridgehead atoms. The van der Waals surface area contributed by atoms with E-state index >= 15 is 0 Å². The van der Waals surface area contributed by atoms with Crippen molar-refractivity contribution in [1.82, 2.24) is 4.31 Å². The maximum absolute atomic E-state index is 12.4. The lowest BCUT2D eigenvalue weighted by molar-refractivity contribution is -0.117. The van der Waals surface area contributed by atoms with Crippen LogP contribution in [0.4, 0.5) is 5.69 Å². The van der Waals surface area contributed by atoms with Gasteiger partial charge in [0.25, 0.3) is 0 Å². The molecular formula is C16H26N2O3S. The number of carbonyl (C=O) groups is 1. The topological polar surface area (TPSA) is 66.5 Å². The minimum absolute atomic E-state index is 0.0770. The van der Waals surface area contributed by atoms with Crippen molar-refractivity contribution >= 4 is 21.6 Å². The summed E-state index contributed by atoms with van der Waals surface area (Å²) in [5, 5.41) is 2.79. The molecule has 0 aliphatic rings. The maximum Gasteiger partial charge on any atom is 0.243 e. The molecule has 0 aromatic heterocycles. The van der Waals surface area contributed by atoms with Gasteiger partial charge in [-0.3, -0.25) is 4.79 Å². The van der Waals surface area contributed by atoms with Crippen molar-refractivity contribution in [2.24, 2.45) is 5.41 Å². The number of carbonyl (C=O) groups excluding carboxylic acids is 1. The van der Waals surface area contributed by atoms with Gasteiger partial charge in [-0.15, -0.1) is 0 Å². The second kappa shape index (κ2) is 7.24. The van der Waals surface area contributed by atoms with Gasteiger partial charge in [0.15, 0.2) is 0 Å². The van der Waals surface area contributed by atoms with Gasteiger partial charge in [0, 0.05) is 25.2 Å². The summed E-state index contributed by atoms with van der Waals surface area (Å²) in [4.78, 5) is 12.1. The lowest BCUT2D eigenvalue weighted by Gasteiger charge is -2.19. The van der Waals surface area contributed by atoms with Gasteiger partial charge in [0.1, 0.15) is 0 Å². The Hall–Kier alpha value is -1.40. The van der Waals surface area contributed by atoms with Gasteiger partial charge in [-0.1, -0.05) is 34.6 Å². The molecule has 5 nitrogen and oxygen atoms in total. The average molecular weight is 326 g/mol. The number of anilines is 1. The first kappa shape index (κ1) is 18.6. The Morgan fingerprint density at radius 2 is 1.59 bits per heavy atom. The molecule has 1 aromatic carbocycles. The third-order valence-electron chi connectivity index (χ3n) is 3.17. The Morgan fingerprint density at radius 3 is 2.00 bits per heavy atom. The molecule has 1 amide bonds. The van der Waals surface area contributed by atoms with E-state index in [-0.39, 0.29) is 16.2 Å². The Bertz CT molecular complexity index is 597. The minimum atomic E-state index is -3.45. The molecule has 0 aliphatic carbocycles. The lowest BCUT2D eigenvalue weighted by Crippen LogP contribution is -2.30. The van der Waals surface area contributed by atoms with Crippen LogP contribution in [0.2, 0.25) is 0 Å². The van der Waals surface area contributed by atoms with Crippen LogP contribution >= 0.6 is 0 Å². The summed E-state index contributed by atoms with van der Waals surface area (Å²) in [6.45, 7) is 10.5. The first-order valence-electron chi connectivity index (χ1n) is 7.50. The third kappa shape index (κ3) is 5.10. The molecule has 0 unspecified atom stereocenters. The normalized spacial score (nSPS) is 12.5. The van der Waals surface area contributed by atoms with Crippen molar-refractivity contribution in [2.45, 2.75) is 45.9 Å². The summed E-state index contributed by atoms with van der Waals surface area (Å²) in [7, 11) is -3.45. The van der Waals surface area contributed by atoms with Crippen LogP contribution in [0.15, 0.2) is 29.2 Å². The van der Waals surface area contributed by atoms with Crippen LogP contribution < -0.4 is 5.32 Å². The zero-order valence-electron chi connectivity index (χ0n) is 14.0. The second-order valence-corrected chi connectivity index (χ2v) is 8.34. The lowest BCUT2D eigenvalue weighted by atomic mass is 9.92. The third-order valence-corrected chi connectivity index (χ3v) is 5.24. The van der Waals surface area contributed by atoms with Crippen LogP contribution in [-0.4, -0.2) is 31.7 Å². The summed E-state index contributed by atoms with van der Waals surface area (Å²) >= 11 is 0. The number of sulfonamides is 1. The van der Waals surface area contributed by atoms with Gasteiger partial charge in [0.2, 0.25) is 15.9 Å². The average Bonchev–Trinajstić information content (AvgIpc) is 2.38. The van der Waals surface area contributed by atoms with Crippen molar-refractivity contribution in [3.05, 3.63) is 24.3 Å². The largest absolute Gasteiger partial charge is 0.326 e. The fourth-order valence-electron chi connectivity index (χ4n) is 2.11. The number of benzene rings is 1. The molecule has 0 atom stereocenters. The van der Waals surface area contributed by atoms with Crippen molar-refractivity contribution < 1.29 is 13.2 Å². The van der Waals surface area contributed by atoms with E-state index in [0.717, 1.165) is 0 Å². The molecule has 1 aromatic rings. The number of hydrogen-bond donors (Lipinski definition) is 1. The SMILES string of the molecule is CCN(CC)S(=O)(=O)c1ccc(NC(=O)CC(C)(C)C)cc1. The van der Waals surface area contributed by atoms with Crippen LogP contribution in [0.5, 0.6) is 0 Å². The van der Waals surface area contributed by atoms with Gasteiger partial charge in [-0.25, -0.2) is 8.42 Å². The zero-order chi connectivity index (χ0) is 17.0. The van der Waals surface area contributed by atoms with E-state index in [1.165, 1.54) is 16.4 Å². The first-order valence-corrected chi connectivity index (χ1v) is 8.94. The van der Waals surface area contributed by atoms with E-state index in [9.17, 15) is 13.2 Å². The monoisotopic (exact) mass is 326 g/mol. The highest BCUT2D eigenvalue weighted by atomic mass is 32.2. The van der Waals surface area contributed by atoms with E-state index in [1.54, 1.807) is 12.1 Å². The summed E-state index contributed by atoms with van der Waals surface area (Å²) in [6.07, 6.45) is 0.409. The van der Waals surface area contributed by atoms with Crippen LogP contribution in [0.1, 0.15) is 41.0 Å². The van der Waals surface area contributed by atoms with E-state index in [4.69, 9.17) is 0 Å². The predicted molar refractivity (Wildman–Crippen MR) is 89.3 cm³/mol. The fourth-order valence-corrected chi connectivity index (χ4v) is 3.57. The van der Waals surface area contributed by atoms with E-state index in [0.29, 0.717) is 25.2 Å². The van der Waals surface area contributed by atoms with E-state index in [2.05, 4.69) is 5.32 Å². The smallest absolute Gasteiger partial charge is 0.243 e. The van der Waals surface area contributed by atoms with Crippen LogP contribution in [0, 0.1) is 5.41 Å². The Kier molecular flexibility index (Phi) is 6.14. The highest BCUT2D eigenvalue weighted by molar-refractivity contribution is 7.89. The van der Waals surface area contributed by atoms with Gasteiger partial charge in [-0.05, 0) is 29.7 Å². The van der Waals surface area contributed by atoms with Crippen LogP contribution in [0.25, 0.3) is 0 Å². The number of rotatable bonds is 6. The highest BCUT2D eigenvalue weighted by Gasteiger charge is 2.21. The molecule has 1 rings (SSSR count). The fraction of sp³-hybridized carbons (Fsp3) is 0.562. The molecule has 0 saturated heterocycles. The van der Waals surface area contributed by atoms with Crippen LogP contribution in [0.3, 0.4) is 0 Å².